The first-order valence-electron chi connectivity index (χ1n) is 6.45. The molecule has 3 N–H and O–H groups in total. The van der Waals surface area contributed by atoms with Gasteiger partial charge < -0.3 is 25.2 Å². The predicted octanol–water partition coefficient (Wildman–Crippen LogP) is 0.332. The van der Waals surface area contributed by atoms with Crippen LogP contribution in [0.25, 0.3) is 0 Å². The lowest BCUT2D eigenvalue weighted by atomic mass is 10.0. The average Bonchev–Trinajstić information content (AvgIpc) is 2.89. The standard InChI is InChI=1S/C14H18N2O5/c1-20-9-4-3-5-10(21-2)11(9)12(17)16-7-6-14(15,8-16)13(18)19/h3-5H,6-8,15H2,1-2H3,(H,18,19). The van der Waals surface area contributed by atoms with Gasteiger partial charge in [-0.1, -0.05) is 6.07 Å². The Balaban J connectivity index is 2.32. The van der Waals surface area contributed by atoms with Gasteiger partial charge in [0, 0.05) is 13.1 Å². The van der Waals surface area contributed by atoms with Gasteiger partial charge in [0.25, 0.3) is 5.91 Å². The van der Waals surface area contributed by atoms with Gasteiger partial charge >= 0.3 is 5.97 Å². The summed E-state index contributed by atoms with van der Waals surface area (Å²) in [7, 11) is 2.92. The van der Waals surface area contributed by atoms with E-state index in [1.807, 2.05) is 0 Å². The van der Waals surface area contributed by atoms with Crippen LogP contribution >= 0.6 is 0 Å². The van der Waals surface area contributed by atoms with Gasteiger partial charge in [0.05, 0.1) is 14.2 Å². The number of likely N-dealkylation sites (tertiary alicyclic amines) is 1. The van der Waals surface area contributed by atoms with Crippen LogP contribution in [-0.2, 0) is 4.79 Å². The highest BCUT2D eigenvalue weighted by molar-refractivity contribution is 6.00. The monoisotopic (exact) mass is 294 g/mol. The fourth-order valence-corrected chi connectivity index (χ4v) is 2.40. The highest BCUT2D eigenvalue weighted by atomic mass is 16.5. The highest BCUT2D eigenvalue weighted by Gasteiger charge is 2.43. The predicted molar refractivity (Wildman–Crippen MR) is 74.6 cm³/mol. The van der Waals surface area contributed by atoms with E-state index in [1.165, 1.54) is 19.1 Å². The van der Waals surface area contributed by atoms with Crippen molar-refractivity contribution in [3.63, 3.8) is 0 Å². The molecule has 0 aromatic heterocycles. The molecule has 1 unspecified atom stereocenters. The molecule has 1 aromatic carbocycles. The van der Waals surface area contributed by atoms with Gasteiger partial charge in [-0.2, -0.15) is 0 Å². The molecular formula is C14H18N2O5. The molecule has 1 atom stereocenters. The quantitative estimate of drug-likeness (QED) is 0.829. The van der Waals surface area contributed by atoms with Crippen LogP contribution in [0.3, 0.4) is 0 Å². The lowest BCUT2D eigenvalue weighted by Crippen LogP contribution is -2.50. The minimum Gasteiger partial charge on any atom is -0.496 e. The van der Waals surface area contributed by atoms with Crippen molar-refractivity contribution in [2.45, 2.75) is 12.0 Å². The molecular weight excluding hydrogens is 276 g/mol. The van der Waals surface area contributed by atoms with Crippen LogP contribution in [0.1, 0.15) is 16.8 Å². The highest BCUT2D eigenvalue weighted by Crippen LogP contribution is 2.31. The molecule has 1 heterocycles. The second-order valence-corrected chi connectivity index (χ2v) is 4.98. The van der Waals surface area contributed by atoms with Crippen molar-refractivity contribution in [2.75, 3.05) is 27.3 Å². The van der Waals surface area contributed by atoms with E-state index in [4.69, 9.17) is 20.3 Å². The number of hydrogen-bond donors (Lipinski definition) is 2. The third-order valence-corrected chi connectivity index (χ3v) is 3.66. The topological polar surface area (TPSA) is 102 Å². The molecule has 2 rings (SSSR count). The van der Waals surface area contributed by atoms with Crippen LogP contribution in [0.4, 0.5) is 0 Å². The van der Waals surface area contributed by atoms with E-state index in [2.05, 4.69) is 0 Å². The van der Waals surface area contributed by atoms with E-state index in [1.54, 1.807) is 18.2 Å². The molecule has 0 bridgehead atoms. The number of methoxy groups -OCH3 is 2. The first-order chi connectivity index (χ1) is 9.92. The van der Waals surface area contributed by atoms with E-state index in [0.29, 0.717) is 11.5 Å². The van der Waals surface area contributed by atoms with Gasteiger partial charge in [-0.15, -0.1) is 0 Å². The zero-order chi connectivity index (χ0) is 15.6. The van der Waals surface area contributed by atoms with Crippen molar-refractivity contribution in [1.82, 2.24) is 4.90 Å². The fourth-order valence-electron chi connectivity index (χ4n) is 2.40. The third-order valence-electron chi connectivity index (χ3n) is 3.66. The molecule has 1 aliphatic rings. The number of carboxylic acid groups (broad SMARTS) is 1. The summed E-state index contributed by atoms with van der Waals surface area (Å²) >= 11 is 0. The van der Waals surface area contributed by atoms with Gasteiger partial charge in [0.2, 0.25) is 0 Å². The summed E-state index contributed by atoms with van der Waals surface area (Å²) in [6.45, 7) is 0.241. The second-order valence-electron chi connectivity index (χ2n) is 4.98. The van der Waals surface area contributed by atoms with Crippen LogP contribution in [0.15, 0.2) is 18.2 Å². The number of benzene rings is 1. The minimum atomic E-state index is -1.40. The lowest BCUT2D eigenvalue weighted by Gasteiger charge is -2.22. The van der Waals surface area contributed by atoms with Gasteiger partial charge in [-0.3, -0.25) is 9.59 Å². The number of nitrogens with zero attached hydrogens (tertiary/aromatic N) is 1. The Morgan fingerprint density at radius 2 is 1.86 bits per heavy atom. The van der Waals surface area contributed by atoms with Crippen molar-refractivity contribution in [1.29, 1.82) is 0 Å². The van der Waals surface area contributed by atoms with Gasteiger partial charge in [-0.25, -0.2) is 0 Å². The Kier molecular flexibility index (Phi) is 4.04. The van der Waals surface area contributed by atoms with Gasteiger partial charge in [0.15, 0.2) is 0 Å². The molecule has 0 saturated carbocycles. The first kappa shape index (κ1) is 15.1. The molecule has 0 aliphatic carbocycles. The number of nitrogens with two attached hydrogens (primary N) is 1. The largest absolute Gasteiger partial charge is 0.496 e. The van der Waals surface area contributed by atoms with Gasteiger partial charge in [0.1, 0.15) is 22.6 Å². The first-order valence-corrected chi connectivity index (χ1v) is 6.45. The number of carbonyl (C=O) groups excluding carboxylic acids is 1. The van der Waals surface area contributed by atoms with Crippen molar-refractivity contribution in [3.8, 4) is 11.5 Å². The maximum absolute atomic E-state index is 12.6. The number of carboxylic acids is 1. The summed E-state index contributed by atoms with van der Waals surface area (Å²) < 4.78 is 10.4. The Labute approximate surface area is 122 Å². The van der Waals surface area contributed by atoms with E-state index in [-0.39, 0.29) is 31.0 Å². The number of hydrogen-bond acceptors (Lipinski definition) is 5. The van der Waals surface area contributed by atoms with E-state index < -0.39 is 11.5 Å². The SMILES string of the molecule is COc1cccc(OC)c1C(=O)N1CCC(N)(C(=O)O)C1. The molecule has 0 radical (unpaired) electrons. The summed E-state index contributed by atoms with van der Waals surface area (Å²) in [6.07, 6.45) is 0.214. The average molecular weight is 294 g/mol. The number of rotatable bonds is 4. The molecule has 114 valence electrons. The van der Waals surface area contributed by atoms with Crippen LogP contribution in [0, 0.1) is 0 Å². The Morgan fingerprint density at radius 3 is 2.29 bits per heavy atom. The van der Waals surface area contributed by atoms with Crippen molar-refractivity contribution < 1.29 is 24.2 Å². The van der Waals surface area contributed by atoms with Crippen molar-refractivity contribution in [2.24, 2.45) is 5.73 Å². The lowest BCUT2D eigenvalue weighted by molar-refractivity contribution is -0.142. The van der Waals surface area contributed by atoms with E-state index in [9.17, 15) is 9.59 Å². The molecule has 1 aromatic rings. The maximum atomic E-state index is 12.6. The second kappa shape index (κ2) is 5.61. The minimum absolute atomic E-state index is 0.0393. The number of aliphatic carboxylic acids is 1. The van der Waals surface area contributed by atoms with Crippen LogP contribution in [0.5, 0.6) is 11.5 Å². The molecule has 1 saturated heterocycles. The van der Waals surface area contributed by atoms with Crippen LogP contribution in [0.2, 0.25) is 0 Å². The molecule has 21 heavy (non-hydrogen) atoms. The van der Waals surface area contributed by atoms with Crippen molar-refractivity contribution >= 4 is 11.9 Å². The Hall–Kier alpha value is -2.28. The Bertz CT molecular complexity index is 552. The summed E-state index contributed by atoms with van der Waals surface area (Å²) in [5, 5.41) is 9.13. The maximum Gasteiger partial charge on any atom is 0.325 e. The zero-order valence-electron chi connectivity index (χ0n) is 12.0. The molecule has 7 heteroatoms. The molecule has 1 aliphatic heterocycles. The third kappa shape index (κ3) is 2.64. The molecule has 1 amide bonds. The smallest absolute Gasteiger partial charge is 0.325 e. The number of ether oxygens (including phenoxy) is 2. The molecule has 1 fully saturated rings. The zero-order valence-corrected chi connectivity index (χ0v) is 12.0. The molecule has 0 spiro atoms. The summed E-state index contributed by atoms with van der Waals surface area (Å²) in [5.74, 6) is -0.698. The van der Waals surface area contributed by atoms with E-state index >= 15 is 0 Å². The fraction of sp³-hybridized carbons (Fsp3) is 0.429. The van der Waals surface area contributed by atoms with E-state index in [0.717, 1.165) is 0 Å². The number of amides is 1. The summed E-state index contributed by atoms with van der Waals surface area (Å²) in [5.41, 5.74) is 4.67. The summed E-state index contributed by atoms with van der Waals surface area (Å²) in [6, 6.07) is 5.01. The van der Waals surface area contributed by atoms with Crippen molar-refractivity contribution in [3.05, 3.63) is 23.8 Å². The molecule has 7 nitrogen and oxygen atoms in total. The normalized spacial score (nSPS) is 21.2. The van der Waals surface area contributed by atoms with Crippen LogP contribution < -0.4 is 15.2 Å². The van der Waals surface area contributed by atoms with Crippen LogP contribution in [-0.4, -0.2) is 54.7 Å². The number of carbonyl (C=O) groups is 2. The Morgan fingerprint density at radius 1 is 1.29 bits per heavy atom. The summed E-state index contributed by atoms with van der Waals surface area (Å²) in [4.78, 5) is 25.2. The van der Waals surface area contributed by atoms with Gasteiger partial charge in [-0.05, 0) is 18.6 Å².